The van der Waals surface area contributed by atoms with Crippen LogP contribution in [0.3, 0.4) is 0 Å². The maximum atomic E-state index is 8.96. The van der Waals surface area contributed by atoms with Crippen LogP contribution in [0.4, 0.5) is 0 Å². The van der Waals surface area contributed by atoms with E-state index in [0.29, 0.717) is 0 Å². The number of rotatable bonds is 3. The van der Waals surface area contributed by atoms with Crippen molar-refractivity contribution in [2.75, 3.05) is 40.0 Å². The summed E-state index contributed by atoms with van der Waals surface area (Å²) in [6.07, 6.45) is 3.46. The Labute approximate surface area is 91.2 Å². The Kier molecular flexibility index (Phi) is 3.61. The van der Waals surface area contributed by atoms with Gasteiger partial charge in [0.2, 0.25) is 0 Å². The minimum absolute atomic E-state index is 0.0951. The van der Waals surface area contributed by atoms with Crippen molar-refractivity contribution in [3.05, 3.63) is 0 Å². The van der Waals surface area contributed by atoms with Crippen molar-refractivity contribution in [2.45, 2.75) is 31.0 Å². The molecule has 0 aromatic heterocycles. The molecule has 1 spiro atoms. The van der Waals surface area contributed by atoms with E-state index in [-0.39, 0.29) is 18.3 Å². The highest BCUT2D eigenvalue weighted by atomic mass is 16.5. The molecule has 2 fully saturated rings. The SMILES string of the molecule is CO[C@H]1CCN(CCO)C[C@@]12CCCO2. The minimum atomic E-state index is -0.0951. The summed E-state index contributed by atoms with van der Waals surface area (Å²) in [4.78, 5) is 2.28. The summed E-state index contributed by atoms with van der Waals surface area (Å²) in [7, 11) is 1.77. The van der Waals surface area contributed by atoms with Gasteiger partial charge >= 0.3 is 0 Å². The number of hydrogen-bond acceptors (Lipinski definition) is 4. The zero-order valence-electron chi connectivity index (χ0n) is 9.45. The zero-order chi connectivity index (χ0) is 10.7. The molecule has 88 valence electrons. The van der Waals surface area contributed by atoms with E-state index in [1.807, 2.05) is 0 Å². The van der Waals surface area contributed by atoms with Gasteiger partial charge in [0.15, 0.2) is 0 Å². The van der Waals surface area contributed by atoms with Gasteiger partial charge in [0, 0.05) is 33.4 Å². The summed E-state index contributed by atoms with van der Waals surface area (Å²) < 4.78 is 11.5. The number of aliphatic hydroxyl groups is 1. The average Bonchev–Trinajstić information content (AvgIpc) is 2.68. The third-order valence-electron chi connectivity index (χ3n) is 3.62. The van der Waals surface area contributed by atoms with Gasteiger partial charge in [0.05, 0.1) is 12.7 Å². The number of piperidine rings is 1. The molecule has 2 atom stereocenters. The molecule has 2 rings (SSSR count). The Hall–Kier alpha value is -0.160. The van der Waals surface area contributed by atoms with Crippen LogP contribution in [0.5, 0.6) is 0 Å². The summed E-state index contributed by atoms with van der Waals surface area (Å²) in [5.41, 5.74) is -0.0951. The van der Waals surface area contributed by atoms with Crippen LogP contribution in [-0.2, 0) is 9.47 Å². The first-order valence-electron chi connectivity index (χ1n) is 5.81. The quantitative estimate of drug-likeness (QED) is 0.732. The zero-order valence-corrected chi connectivity index (χ0v) is 9.45. The number of ether oxygens (including phenoxy) is 2. The molecule has 2 aliphatic rings. The number of nitrogens with zero attached hydrogens (tertiary/aromatic N) is 1. The molecule has 0 aromatic carbocycles. The Morgan fingerprint density at radius 2 is 2.47 bits per heavy atom. The fraction of sp³-hybridized carbons (Fsp3) is 1.00. The standard InChI is InChI=1S/C11H21NO3/c1-14-10-3-5-12(6-7-13)9-11(10)4-2-8-15-11/h10,13H,2-9H2,1H3/t10-,11-/m0/s1. The van der Waals surface area contributed by atoms with Gasteiger partial charge in [-0.1, -0.05) is 0 Å². The lowest BCUT2D eigenvalue weighted by molar-refractivity contribution is -0.144. The molecule has 4 heteroatoms. The van der Waals surface area contributed by atoms with Crippen LogP contribution in [0.2, 0.25) is 0 Å². The Bertz CT molecular complexity index is 204. The monoisotopic (exact) mass is 215 g/mol. The molecule has 2 aliphatic heterocycles. The van der Waals surface area contributed by atoms with Crippen molar-refractivity contribution >= 4 is 0 Å². The van der Waals surface area contributed by atoms with Crippen molar-refractivity contribution in [1.82, 2.24) is 4.90 Å². The maximum Gasteiger partial charge on any atom is 0.107 e. The van der Waals surface area contributed by atoms with Gasteiger partial charge in [-0.3, -0.25) is 4.90 Å². The van der Waals surface area contributed by atoms with E-state index in [1.54, 1.807) is 7.11 Å². The fourth-order valence-electron chi connectivity index (χ4n) is 2.88. The van der Waals surface area contributed by atoms with Crippen LogP contribution in [-0.4, -0.2) is 61.7 Å². The smallest absolute Gasteiger partial charge is 0.107 e. The second-order valence-corrected chi connectivity index (χ2v) is 4.53. The Morgan fingerprint density at radius 1 is 1.60 bits per heavy atom. The average molecular weight is 215 g/mol. The summed E-state index contributed by atoms with van der Waals surface area (Å²) in [5, 5.41) is 8.96. The molecule has 0 aromatic rings. The first-order valence-corrected chi connectivity index (χ1v) is 5.81. The van der Waals surface area contributed by atoms with Crippen LogP contribution < -0.4 is 0 Å². The summed E-state index contributed by atoms with van der Waals surface area (Å²) in [5.74, 6) is 0. The van der Waals surface area contributed by atoms with Crippen LogP contribution >= 0.6 is 0 Å². The molecule has 0 amide bonds. The molecule has 1 N–H and O–H groups in total. The molecular formula is C11H21NO3. The van der Waals surface area contributed by atoms with E-state index in [4.69, 9.17) is 14.6 Å². The van der Waals surface area contributed by atoms with Crippen molar-refractivity contribution in [3.63, 3.8) is 0 Å². The van der Waals surface area contributed by atoms with E-state index in [0.717, 1.165) is 45.5 Å². The van der Waals surface area contributed by atoms with E-state index >= 15 is 0 Å². The number of methoxy groups -OCH3 is 1. The highest BCUT2D eigenvalue weighted by molar-refractivity contribution is 4.99. The highest BCUT2D eigenvalue weighted by Crippen LogP contribution is 2.36. The number of β-amino-alcohol motifs (C(OH)–C–C–N with tert-alkyl or cyclic N) is 1. The second kappa shape index (κ2) is 4.78. The van der Waals surface area contributed by atoms with E-state index in [9.17, 15) is 0 Å². The molecular weight excluding hydrogens is 194 g/mol. The van der Waals surface area contributed by atoms with Crippen molar-refractivity contribution in [2.24, 2.45) is 0 Å². The summed E-state index contributed by atoms with van der Waals surface area (Å²) in [6, 6.07) is 0. The lowest BCUT2D eigenvalue weighted by atomic mass is 9.87. The molecule has 4 nitrogen and oxygen atoms in total. The molecule has 0 aliphatic carbocycles. The van der Waals surface area contributed by atoms with Gasteiger partial charge in [-0.15, -0.1) is 0 Å². The van der Waals surface area contributed by atoms with E-state index in [2.05, 4.69) is 4.90 Å². The van der Waals surface area contributed by atoms with Crippen molar-refractivity contribution in [3.8, 4) is 0 Å². The molecule has 0 radical (unpaired) electrons. The van der Waals surface area contributed by atoms with E-state index in [1.165, 1.54) is 0 Å². The van der Waals surface area contributed by atoms with Crippen LogP contribution in [0.15, 0.2) is 0 Å². The lowest BCUT2D eigenvalue weighted by Gasteiger charge is -2.44. The first kappa shape index (κ1) is 11.3. The molecule has 2 heterocycles. The maximum absolute atomic E-state index is 8.96. The van der Waals surface area contributed by atoms with Crippen LogP contribution in [0.25, 0.3) is 0 Å². The normalized spacial score (nSPS) is 37.6. The van der Waals surface area contributed by atoms with Gasteiger partial charge in [0.25, 0.3) is 0 Å². The molecule has 0 unspecified atom stereocenters. The van der Waals surface area contributed by atoms with E-state index < -0.39 is 0 Å². The number of likely N-dealkylation sites (tertiary alicyclic amines) is 1. The van der Waals surface area contributed by atoms with Gasteiger partial charge in [-0.2, -0.15) is 0 Å². The third-order valence-corrected chi connectivity index (χ3v) is 3.62. The summed E-state index contributed by atoms with van der Waals surface area (Å²) in [6.45, 7) is 3.75. The highest BCUT2D eigenvalue weighted by Gasteiger charge is 2.46. The van der Waals surface area contributed by atoms with Gasteiger partial charge in [-0.25, -0.2) is 0 Å². The Morgan fingerprint density at radius 3 is 3.07 bits per heavy atom. The van der Waals surface area contributed by atoms with Crippen molar-refractivity contribution in [1.29, 1.82) is 0 Å². The van der Waals surface area contributed by atoms with Gasteiger partial charge < -0.3 is 14.6 Å². The summed E-state index contributed by atoms with van der Waals surface area (Å²) >= 11 is 0. The predicted octanol–water partition coefficient (Wildman–Crippen LogP) is 0.249. The predicted molar refractivity (Wildman–Crippen MR) is 56.9 cm³/mol. The first-order chi connectivity index (χ1) is 7.30. The topological polar surface area (TPSA) is 41.9 Å². The molecule has 0 saturated carbocycles. The molecule has 0 bridgehead atoms. The largest absolute Gasteiger partial charge is 0.395 e. The third kappa shape index (κ3) is 2.18. The van der Waals surface area contributed by atoms with Crippen LogP contribution in [0.1, 0.15) is 19.3 Å². The Balaban J connectivity index is 2.02. The molecule has 2 saturated heterocycles. The number of aliphatic hydroxyl groups excluding tert-OH is 1. The van der Waals surface area contributed by atoms with Crippen molar-refractivity contribution < 1.29 is 14.6 Å². The van der Waals surface area contributed by atoms with Gasteiger partial charge in [0.1, 0.15) is 5.60 Å². The van der Waals surface area contributed by atoms with Crippen LogP contribution in [0, 0.1) is 0 Å². The van der Waals surface area contributed by atoms with Gasteiger partial charge in [-0.05, 0) is 19.3 Å². The molecule has 15 heavy (non-hydrogen) atoms. The number of hydrogen-bond donors (Lipinski definition) is 1. The lowest BCUT2D eigenvalue weighted by Crippen LogP contribution is -2.57. The second-order valence-electron chi connectivity index (χ2n) is 4.53. The minimum Gasteiger partial charge on any atom is -0.395 e. The fourth-order valence-corrected chi connectivity index (χ4v) is 2.88.